The summed E-state index contributed by atoms with van der Waals surface area (Å²) < 4.78 is 0. The molecule has 1 aromatic rings. The van der Waals surface area contributed by atoms with Gasteiger partial charge in [-0.15, -0.1) is 0 Å². The molecule has 0 aliphatic carbocycles. The van der Waals surface area contributed by atoms with Crippen LogP contribution in [0.15, 0.2) is 24.5 Å². The number of hydrogen-bond acceptors (Lipinski definition) is 1. The van der Waals surface area contributed by atoms with Crippen molar-refractivity contribution in [1.29, 1.82) is 0 Å². The Morgan fingerprint density at radius 3 is 3.00 bits per heavy atom. The molecule has 0 bridgehead atoms. The summed E-state index contributed by atoms with van der Waals surface area (Å²) in [5.41, 5.74) is 4.10. The van der Waals surface area contributed by atoms with Gasteiger partial charge >= 0.3 is 50.0 Å². The fraction of sp³-hybridized carbons (Fsp3) is 0. The fourth-order valence-corrected chi connectivity index (χ4v) is 1.39. The third-order valence-corrected chi connectivity index (χ3v) is 2.42. The Balaban J connectivity index is 2.99. The van der Waals surface area contributed by atoms with E-state index in [1.165, 1.54) is 0 Å². The van der Waals surface area contributed by atoms with Crippen molar-refractivity contribution >= 4 is 20.6 Å². The second-order valence-electron chi connectivity index (χ2n) is 1.49. The molecule has 1 rings (SSSR count). The van der Waals surface area contributed by atoms with E-state index in [9.17, 15) is 0 Å². The topological polar surface area (TPSA) is 12.9 Å². The first kappa shape index (κ1) is 5.57. The van der Waals surface area contributed by atoms with Gasteiger partial charge in [-0.2, -0.15) is 0 Å². The third kappa shape index (κ3) is 1.20. The van der Waals surface area contributed by atoms with Gasteiger partial charge in [-0.3, -0.25) is 0 Å². The van der Waals surface area contributed by atoms with E-state index in [1.54, 1.807) is 6.20 Å². The maximum absolute atomic E-state index is 3.97. The van der Waals surface area contributed by atoms with Crippen molar-refractivity contribution in [3.05, 3.63) is 24.5 Å². The Hall–Kier alpha value is -0.568. The van der Waals surface area contributed by atoms with Crippen LogP contribution in [0.3, 0.4) is 0 Å². The fourth-order valence-electron chi connectivity index (χ4n) is 0.497. The van der Waals surface area contributed by atoms with E-state index in [0.717, 1.165) is 0 Å². The zero-order valence-electron chi connectivity index (χ0n) is 4.54. The summed E-state index contributed by atoms with van der Waals surface area (Å²) in [6, 6.07) is 1.97. The molecule has 38 valence electrons. The molecule has 0 atom stereocenters. The monoisotopic (exact) mass is 119 g/mol. The van der Waals surface area contributed by atoms with Gasteiger partial charge in [0, 0.05) is 0 Å². The van der Waals surface area contributed by atoms with Crippen molar-refractivity contribution in [3.63, 3.8) is 0 Å². The maximum atomic E-state index is 3.97. The predicted octanol–water partition coefficient (Wildman–Crippen LogP) is 0.546. The summed E-state index contributed by atoms with van der Waals surface area (Å²) in [5.74, 6) is 0. The van der Waals surface area contributed by atoms with Crippen LogP contribution in [-0.4, -0.2) is 19.8 Å². The van der Waals surface area contributed by atoms with Gasteiger partial charge < -0.3 is 0 Å². The van der Waals surface area contributed by atoms with Gasteiger partial charge in [-0.1, -0.05) is 0 Å². The van der Waals surface area contributed by atoms with Crippen molar-refractivity contribution in [1.82, 2.24) is 4.89 Å². The molecule has 1 aromatic heterocycles. The SMILES string of the molecule is C=C[si]1bnccc1. The van der Waals surface area contributed by atoms with Crippen LogP contribution in [0.4, 0.5) is 0 Å². The van der Waals surface area contributed by atoms with Crippen molar-refractivity contribution in [2.75, 3.05) is 0 Å². The summed E-state index contributed by atoms with van der Waals surface area (Å²) in [6.45, 7) is 5.63. The van der Waals surface area contributed by atoms with Crippen LogP contribution in [0.2, 0.25) is 0 Å². The molecule has 0 aromatic carbocycles. The third-order valence-electron chi connectivity index (χ3n) is 0.920. The van der Waals surface area contributed by atoms with Crippen LogP contribution >= 0.6 is 0 Å². The molecular weight excluding hydrogens is 113 g/mol. The van der Waals surface area contributed by atoms with Gasteiger partial charge in [0.2, 0.25) is 0 Å². The number of aromatic nitrogens is 1. The second kappa shape index (κ2) is 2.67. The van der Waals surface area contributed by atoms with Crippen molar-refractivity contribution in [3.8, 4) is 0 Å². The van der Waals surface area contributed by atoms with E-state index >= 15 is 0 Å². The molecule has 0 amide bonds. The molecule has 3 heteroatoms. The summed E-state index contributed by atoms with van der Waals surface area (Å²) in [4.78, 5) is 3.97. The van der Waals surface area contributed by atoms with Gasteiger partial charge in [0.05, 0.1) is 0 Å². The molecule has 0 unspecified atom stereocenters. The van der Waals surface area contributed by atoms with Crippen LogP contribution in [0.1, 0.15) is 0 Å². The molecule has 0 N–H and O–H groups in total. The zero-order chi connectivity index (χ0) is 5.82. The molecule has 0 saturated heterocycles. The number of rotatable bonds is 1. The van der Waals surface area contributed by atoms with E-state index in [2.05, 4.69) is 17.1 Å². The molecule has 1 nitrogen and oxygen atoms in total. The first-order chi connectivity index (χ1) is 3.93. The predicted molar refractivity (Wildman–Crippen MR) is 37.9 cm³/mol. The van der Waals surface area contributed by atoms with Gasteiger partial charge in [0.25, 0.3) is 0 Å². The molecule has 0 spiro atoms. The molecular formula is C5H6BNSi. The molecule has 0 fully saturated rings. The summed E-state index contributed by atoms with van der Waals surface area (Å²) in [7, 11) is -0.527. The van der Waals surface area contributed by atoms with E-state index in [0.29, 0.717) is 0 Å². The Bertz CT molecular complexity index is 175. The van der Waals surface area contributed by atoms with E-state index in [-0.39, 0.29) is 0 Å². The number of nitrogens with zero attached hydrogens (tertiary/aromatic N) is 1. The van der Waals surface area contributed by atoms with Gasteiger partial charge in [-0.25, -0.2) is 0 Å². The minimum atomic E-state index is -0.527. The Morgan fingerprint density at radius 2 is 2.62 bits per heavy atom. The standard InChI is InChI=1S/C5H6BNSi/c1-2-8-5-3-4-7-6-8/h2-5H,1H2. The quantitative estimate of drug-likeness (QED) is 0.492. The van der Waals surface area contributed by atoms with E-state index in [4.69, 9.17) is 0 Å². The van der Waals surface area contributed by atoms with Crippen LogP contribution in [0.25, 0.3) is 5.70 Å². The van der Waals surface area contributed by atoms with Gasteiger partial charge in [0.1, 0.15) is 0 Å². The Labute approximate surface area is 50.8 Å². The van der Waals surface area contributed by atoms with Crippen LogP contribution < -0.4 is 0 Å². The second-order valence-corrected chi connectivity index (χ2v) is 3.49. The van der Waals surface area contributed by atoms with E-state index < -0.39 is 8.26 Å². The average Bonchev–Trinajstić information content (AvgIpc) is 1.90. The average molecular weight is 119 g/mol. The molecule has 8 heavy (non-hydrogen) atoms. The first-order valence-electron chi connectivity index (χ1n) is 2.46. The van der Waals surface area contributed by atoms with Crippen LogP contribution in [0, 0.1) is 0 Å². The molecule has 0 aliphatic heterocycles. The molecule has 1 heterocycles. The van der Waals surface area contributed by atoms with Gasteiger partial charge in [0.15, 0.2) is 0 Å². The molecule has 0 saturated carbocycles. The van der Waals surface area contributed by atoms with Crippen molar-refractivity contribution < 1.29 is 0 Å². The summed E-state index contributed by atoms with van der Waals surface area (Å²) in [5, 5.41) is 0. The normalized spacial score (nSPS) is 8.00. The van der Waals surface area contributed by atoms with E-state index in [1.807, 2.05) is 18.4 Å². The van der Waals surface area contributed by atoms with Crippen LogP contribution in [0.5, 0.6) is 0 Å². The van der Waals surface area contributed by atoms with Crippen molar-refractivity contribution in [2.24, 2.45) is 0 Å². The zero-order valence-corrected chi connectivity index (χ0v) is 5.54. The number of hydrogen-bond donors (Lipinski definition) is 0. The van der Waals surface area contributed by atoms with Gasteiger partial charge in [-0.05, 0) is 0 Å². The first-order valence-corrected chi connectivity index (χ1v) is 4.19. The van der Waals surface area contributed by atoms with Crippen molar-refractivity contribution in [2.45, 2.75) is 0 Å². The molecule has 0 radical (unpaired) electrons. The Kier molecular flexibility index (Phi) is 1.86. The Morgan fingerprint density at radius 1 is 1.75 bits per heavy atom. The minimum absolute atomic E-state index is 0.527. The molecule has 0 aliphatic rings. The summed E-state index contributed by atoms with van der Waals surface area (Å²) in [6.07, 6.45) is 1.79. The summed E-state index contributed by atoms with van der Waals surface area (Å²) >= 11 is 0. The van der Waals surface area contributed by atoms with Crippen LogP contribution in [-0.2, 0) is 0 Å².